The van der Waals surface area contributed by atoms with Crippen LogP contribution < -0.4 is 15.0 Å². The summed E-state index contributed by atoms with van der Waals surface area (Å²) in [6.45, 7) is 7.31. The van der Waals surface area contributed by atoms with E-state index in [0.29, 0.717) is 34.3 Å². The summed E-state index contributed by atoms with van der Waals surface area (Å²) in [4.78, 5) is 11.3. The van der Waals surface area contributed by atoms with Gasteiger partial charge in [0.1, 0.15) is 24.8 Å². The molecule has 0 amide bonds. The van der Waals surface area contributed by atoms with Crippen molar-refractivity contribution < 1.29 is 22.6 Å². The van der Waals surface area contributed by atoms with Crippen molar-refractivity contribution >= 4 is 21.8 Å². The van der Waals surface area contributed by atoms with Crippen molar-refractivity contribution in [2.24, 2.45) is 10.9 Å². The topological polar surface area (TPSA) is 106 Å². The Bertz CT molecular complexity index is 1330. The van der Waals surface area contributed by atoms with E-state index in [4.69, 9.17) is 14.2 Å². The van der Waals surface area contributed by atoms with Gasteiger partial charge in [-0.05, 0) is 93.3 Å². The van der Waals surface area contributed by atoms with Crippen LogP contribution in [0.15, 0.2) is 58.4 Å². The number of piperidine rings is 1. The number of rotatable bonds is 12. The second kappa shape index (κ2) is 13.1. The molecular formula is C30H41N5O5S. The number of methoxy groups -OCH3 is 1. The van der Waals surface area contributed by atoms with Crippen molar-refractivity contribution in [1.29, 1.82) is 0 Å². The second-order valence-corrected chi connectivity index (χ2v) is 12.7. The van der Waals surface area contributed by atoms with Crippen LogP contribution in [0, 0.1) is 19.8 Å². The van der Waals surface area contributed by atoms with Crippen LogP contribution in [0.3, 0.4) is 0 Å². The van der Waals surface area contributed by atoms with Gasteiger partial charge in [0.05, 0.1) is 12.0 Å². The Balaban J connectivity index is 1.09. The number of aromatic nitrogens is 1. The van der Waals surface area contributed by atoms with E-state index in [1.165, 1.54) is 18.5 Å². The first-order valence-electron chi connectivity index (χ1n) is 14.5. The Labute approximate surface area is 243 Å². The van der Waals surface area contributed by atoms with E-state index in [0.717, 1.165) is 44.7 Å². The first-order valence-corrected chi connectivity index (χ1v) is 15.9. The molecule has 41 heavy (non-hydrogen) atoms. The second-order valence-electron chi connectivity index (χ2n) is 10.9. The molecular weight excluding hydrogens is 542 g/mol. The fourth-order valence-corrected chi connectivity index (χ4v) is 7.71. The molecule has 1 saturated heterocycles. The molecule has 1 aliphatic carbocycles. The molecule has 0 unspecified atom stereocenters. The molecule has 1 saturated carbocycles. The van der Waals surface area contributed by atoms with Gasteiger partial charge in [-0.3, -0.25) is 4.98 Å². The fraction of sp³-hybridized carbons (Fsp3) is 0.533. The number of pyridine rings is 1. The molecule has 1 N–H and O–H groups in total. The van der Waals surface area contributed by atoms with Gasteiger partial charge in [-0.1, -0.05) is 0 Å². The third-order valence-corrected chi connectivity index (χ3v) is 10.2. The van der Waals surface area contributed by atoms with Gasteiger partial charge in [0.15, 0.2) is 0 Å². The van der Waals surface area contributed by atoms with Crippen molar-refractivity contribution in [3.63, 3.8) is 0 Å². The van der Waals surface area contributed by atoms with E-state index in [-0.39, 0.29) is 25.3 Å². The normalized spacial score (nSPS) is 18.0. The van der Waals surface area contributed by atoms with E-state index in [2.05, 4.69) is 32.3 Å². The van der Waals surface area contributed by atoms with Crippen molar-refractivity contribution in [2.75, 3.05) is 51.4 Å². The number of hydrogen-bond acceptors (Lipinski definition) is 9. The van der Waals surface area contributed by atoms with Crippen LogP contribution in [-0.4, -0.2) is 76.3 Å². The van der Waals surface area contributed by atoms with Gasteiger partial charge >= 0.3 is 6.08 Å². The smallest absolute Gasteiger partial charge is 0.390 e. The van der Waals surface area contributed by atoms with Gasteiger partial charge in [0, 0.05) is 50.3 Å². The molecule has 0 spiro atoms. The van der Waals surface area contributed by atoms with E-state index in [1.807, 2.05) is 18.5 Å². The Hall–Kier alpha value is -3.31. The van der Waals surface area contributed by atoms with Crippen molar-refractivity contribution in [3.05, 3.63) is 59.7 Å². The number of sulfonamides is 1. The van der Waals surface area contributed by atoms with E-state index in [1.54, 1.807) is 37.4 Å². The summed E-state index contributed by atoms with van der Waals surface area (Å²) in [5.41, 5.74) is 2.59. The number of benzene rings is 1. The summed E-state index contributed by atoms with van der Waals surface area (Å²) in [5, 5.41) is 3.41. The van der Waals surface area contributed by atoms with Gasteiger partial charge in [0.2, 0.25) is 10.0 Å². The first-order chi connectivity index (χ1) is 19.8. The van der Waals surface area contributed by atoms with Crippen LogP contribution in [0.25, 0.3) is 0 Å². The lowest BCUT2D eigenvalue weighted by Gasteiger charge is -2.33. The Morgan fingerprint density at radius 1 is 1.10 bits per heavy atom. The van der Waals surface area contributed by atoms with Gasteiger partial charge in [-0.2, -0.15) is 9.30 Å². The van der Waals surface area contributed by atoms with Crippen molar-refractivity contribution in [2.45, 2.75) is 56.9 Å². The molecule has 3 aliphatic rings. The maximum atomic E-state index is 13.7. The Morgan fingerprint density at radius 3 is 2.46 bits per heavy atom. The number of anilines is 1. The molecule has 1 aromatic heterocycles. The predicted octanol–water partition coefficient (Wildman–Crippen LogP) is 4.00. The Morgan fingerprint density at radius 2 is 1.80 bits per heavy atom. The summed E-state index contributed by atoms with van der Waals surface area (Å²) in [6, 6.07) is 7.66. The quantitative estimate of drug-likeness (QED) is 0.400. The summed E-state index contributed by atoms with van der Waals surface area (Å²) in [6.07, 6.45) is 10.9. The third kappa shape index (κ3) is 7.32. The highest BCUT2D eigenvalue weighted by Gasteiger charge is 2.39. The fourth-order valence-electron chi connectivity index (χ4n) is 5.63. The van der Waals surface area contributed by atoms with E-state index < -0.39 is 10.0 Å². The standard InChI is InChI=1S/C30H41N5O5S/c1-22-20-27(38-3)21-23(2)29(22)41(36,37)35(26-4-5-26)17-19-40-30-33-28(11-18-39-30)32-14-6-24-9-15-34(16-10-24)25-7-12-31-13-8-25/h7-8,11-13,20-21,24,26,32H,4-6,9-10,14-19H2,1-3H3. The average Bonchev–Trinajstić information content (AvgIpc) is 3.81. The van der Waals surface area contributed by atoms with Crippen LogP contribution in [0.4, 0.5) is 5.69 Å². The molecule has 0 atom stereocenters. The first kappa shape index (κ1) is 29.2. The number of aryl methyl sites for hydroxylation is 2. The summed E-state index contributed by atoms with van der Waals surface area (Å²) >= 11 is 0. The summed E-state index contributed by atoms with van der Waals surface area (Å²) < 4.78 is 45.6. The van der Waals surface area contributed by atoms with E-state index in [9.17, 15) is 8.42 Å². The minimum absolute atomic E-state index is 0.00703. The zero-order valence-corrected chi connectivity index (χ0v) is 25.0. The molecule has 11 heteroatoms. The zero-order valence-electron chi connectivity index (χ0n) is 24.2. The maximum absolute atomic E-state index is 13.7. The highest BCUT2D eigenvalue weighted by molar-refractivity contribution is 7.89. The molecule has 2 aliphatic heterocycles. The molecule has 0 bridgehead atoms. The number of aliphatic imine (C=N–C) groups is 1. The highest BCUT2D eigenvalue weighted by Crippen LogP contribution is 2.35. The lowest BCUT2D eigenvalue weighted by Crippen LogP contribution is -2.37. The van der Waals surface area contributed by atoms with Gasteiger partial charge in [-0.25, -0.2) is 8.42 Å². The molecule has 3 heterocycles. The Kier molecular flexibility index (Phi) is 9.34. The van der Waals surface area contributed by atoms with Crippen LogP contribution in [0.5, 0.6) is 5.75 Å². The van der Waals surface area contributed by atoms with Gasteiger partial charge in [-0.15, -0.1) is 0 Å². The minimum Gasteiger partial charge on any atom is -0.497 e. The summed E-state index contributed by atoms with van der Waals surface area (Å²) in [5.74, 6) is 2.06. The molecule has 2 fully saturated rings. The third-order valence-electron chi connectivity index (χ3n) is 7.92. The zero-order chi connectivity index (χ0) is 28.8. The largest absolute Gasteiger partial charge is 0.497 e. The number of nitrogens with zero attached hydrogens (tertiary/aromatic N) is 4. The molecule has 2 aromatic rings. The van der Waals surface area contributed by atoms with E-state index >= 15 is 0 Å². The van der Waals surface area contributed by atoms with Crippen LogP contribution in [0.2, 0.25) is 0 Å². The minimum atomic E-state index is -3.69. The average molecular weight is 584 g/mol. The molecule has 1 aromatic carbocycles. The van der Waals surface area contributed by atoms with Crippen LogP contribution in [-0.2, 0) is 19.5 Å². The maximum Gasteiger partial charge on any atom is 0.390 e. The van der Waals surface area contributed by atoms with Gasteiger partial charge < -0.3 is 24.4 Å². The predicted molar refractivity (Wildman–Crippen MR) is 159 cm³/mol. The monoisotopic (exact) mass is 583 g/mol. The number of hydrogen-bond donors (Lipinski definition) is 1. The number of ether oxygens (including phenoxy) is 3. The molecule has 0 radical (unpaired) electrons. The number of nitrogens with one attached hydrogen (secondary N) is 1. The lowest BCUT2D eigenvalue weighted by atomic mass is 9.93. The SMILES string of the molecule is COc1cc(C)c(S(=O)(=O)N(CCOC2=NC(NCCC3CCN(c4ccncc4)CC3)=CCO2)C2CC2)c(C)c1. The van der Waals surface area contributed by atoms with Crippen molar-refractivity contribution in [1.82, 2.24) is 14.6 Å². The van der Waals surface area contributed by atoms with Crippen molar-refractivity contribution in [3.8, 4) is 5.75 Å². The molecule has 10 nitrogen and oxygen atoms in total. The molecule has 222 valence electrons. The molecule has 5 rings (SSSR count). The highest BCUT2D eigenvalue weighted by atomic mass is 32.2. The lowest BCUT2D eigenvalue weighted by molar-refractivity contribution is 0.164. The van der Waals surface area contributed by atoms with Gasteiger partial charge in [0.25, 0.3) is 0 Å². The van der Waals surface area contributed by atoms with Crippen LogP contribution in [0.1, 0.15) is 43.2 Å². The summed E-state index contributed by atoms with van der Waals surface area (Å²) in [7, 11) is -2.11. The van der Waals surface area contributed by atoms with Crippen LogP contribution >= 0.6 is 0 Å².